The first-order valence-corrected chi connectivity index (χ1v) is 22.9. The zero-order valence-corrected chi connectivity index (χ0v) is 36.9. The van der Waals surface area contributed by atoms with Crippen LogP contribution in [-0.2, 0) is 35.1 Å². The second-order valence-corrected chi connectivity index (χ2v) is 17.8. The number of ether oxygens (including phenoxy) is 4. The molecule has 1 aliphatic heterocycles. The smallest absolute Gasteiger partial charge is 0.490 e. The van der Waals surface area contributed by atoms with E-state index in [2.05, 4.69) is 39.1 Å². The Labute approximate surface area is 371 Å². The van der Waals surface area contributed by atoms with E-state index in [0.717, 1.165) is 78.0 Å². The highest BCUT2D eigenvalue weighted by atomic mass is 32.2. The summed E-state index contributed by atoms with van der Waals surface area (Å²) in [5.41, 5.74) is 0.443. The molecule has 0 bridgehead atoms. The van der Waals surface area contributed by atoms with Crippen molar-refractivity contribution >= 4 is 26.7 Å². The minimum Gasteiger partial charge on any atom is -0.490 e. The van der Waals surface area contributed by atoms with Gasteiger partial charge in [0.15, 0.2) is 0 Å². The Bertz CT molecular complexity index is 2620. The number of aryl methyl sites for hydroxylation is 1. The lowest BCUT2D eigenvalue weighted by Gasteiger charge is -2.39. The van der Waals surface area contributed by atoms with Crippen molar-refractivity contribution in [2.45, 2.75) is 76.5 Å². The summed E-state index contributed by atoms with van der Waals surface area (Å²) in [5.74, 6) is 0.793. The van der Waals surface area contributed by atoms with E-state index < -0.39 is 21.4 Å². The molecule has 1 aliphatic carbocycles. The van der Waals surface area contributed by atoms with E-state index in [0.29, 0.717) is 44.4 Å². The average Bonchev–Trinajstić information content (AvgIpc) is 3.64. The monoisotopic (exact) mass is 899 g/mol. The third-order valence-corrected chi connectivity index (χ3v) is 12.8. The molecule has 2 aliphatic rings. The van der Waals surface area contributed by atoms with Gasteiger partial charge >= 0.3 is 15.6 Å². The molecule has 1 saturated heterocycles. The van der Waals surface area contributed by atoms with Crippen LogP contribution in [0, 0.1) is 6.92 Å². The third kappa shape index (κ3) is 10.4. The van der Waals surface area contributed by atoms with Gasteiger partial charge in [0.1, 0.15) is 30.4 Å². The molecule has 3 heterocycles. The van der Waals surface area contributed by atoms with Gasteiger partial charge in [-0.2, -0.15) is 31.7 Å². The van der Waals surface area contributed by atoms with Gasteiger partial charge in [-0.05, 0) is 74.9 Å². The number of hydrogen-bond donors (Lipinski definition) is 0. The molecule has 16 heteroatoms. The number of aromatic nitrogens is 3. The number of rotatable bonds is 16. The largest absolute Gasteiger partial charge is 0.534 e. The Morgan fingerprint density at radius 3 is 2.05 bits per heavy atom. The molecule has 0 unspecified atom stereocenters. The molecule has 2 aromatic heterocycles. The van der Waals surface area contributed by atoms with E-state index in [-0.39, 0.29) is 29.6 Å². The molecule has 0 N–H and O–H groups in total. The molecule has 1 saturated carbocycles. The Morgan fingerprint density at radius 1 is 0.750 bits per heavy atom. The van der Waals surface area contributed by atoms with Gasteiger partial charge in [-0.3, -0.25) is 9.58 Å². The quantitative estimate of drug-likeness (QED) is 0.0684. The van der Waals surface area contributed by atoms with Crippen molar-refractivity contribution in [3.05, 3.63) is 126 Å². The molecule has 64 heavy (non-hydrogen) atoms. The van der Waals surface area contributed by atoms with Crippen molar-refractivity contribution < 1.29 is 44.7 Å². The van der Waals surface area contributed by atoms with Gasteiger partial charge in [0, 0.05) is 56.3 Å². The first-order valence-electron chi connectivity index (χ1n) is 21.5. The first kappa shape index (κ1) is 44.8. The zero-order chi connectivity index (χ0) is 44.8. The molecule has 1 atom stereocenters. The van der Waals surface area contributed by atoms with Gasteiger partial charge in [0.2, 0.25) is 11.8 Å². The minimum atomic E-state index is -5.79. The predicted octanol–water partition coefficient (Wildman–Crippen LogP) is 9.25. The maximum absolute atomic E-state index is 12.9. The van der Waals surface area contributed by atoms with E-state index in [1.807, 2.05) is 84.5 Å². The fourth-order valence-corrected chi connectivity index (χ4v) is 8.79. The second-order valence-electron chi connectivity index (χ2n) is 16.3. The minimum absolute atomic E-state index is 0.0606. The lowest BCUT2D eigenvalue weighted by molar-refractivity contribution is -0.0500. The summed E-state index contributed by atoms with van der Waals surface area (Å²) in [6, 6.07) is 34.6. The number of halogens is 3. The fraction of sp³-hybridized carbons (Fsp3) is 0.375. The summed E-state index contributed by atoms with van der Waals surface area (Å²) in [6.45, 7) is 8.38. The average molecular weight is 900 g/mol. The number of alkyl halides is 3. The summed E-state index contributed by atoms with van der Waals surface area (Å²) in [6.07, 6.45) is 2.79. The van der Waals surface area contributed by atoms with E-state index in [1.165, 1.54) is 19.1 Å². The normalized spacial score (nSPS) is 17.9. The van der Waals surface area contributed by atoms with E-state index >= 15 is 0 Å². The number of benzene rings is 4. The molecular weight excluding hydrogens is 848 g/mol. The van der Waals surface area contributed by atoms with Crippen LogP contribution in [0.5, 0.6) is 23.3 Å². The molecule has 12 nitrogen and oxygen atoms in total. The van der Waals surface area contributed by atoms with Crippen molar-refractivity contribution in [3.63, 3.8) is 0 Å². The van der Waals surface area contributed by atoms with Crippen molar-refractivity contribution in [2.75, 3.05) is 37.7 Å². The molecule has 4 aromatic carbocycles. The standard InChI is InChI=1S/C48H52F3N5O7S/c1-33(30-59-37-20-22-38(23-21-37)62-42-18-11-19-43(34(42)2)63-64(57,58)48(49,50)51)55-26-28-56(29-27-55)41-17-10-16-39-45(53-54(3)46(39)41)40-24-25-44(60-31-35-12-6-4-7-13-35)52-47(40)61-32-36-14-8-5-9-15-36/h4-19,24-25,33,37-38H,20-23,26-32H2,1-3H3/t33-,37?,38?/m0/s1. The number of pyridine rings is 1. The van der Waals surface area contributed by atoms with Gasteiger partial charge in [-0.15, -0.1) is 0 Å². The summed E-state index contributed by atoms with van der Waals surface area (Å²) in [4.78, 5) is 9.72. The van der Waals surface area contributed by atoms with Crippen LogP contribution in [0.15, 0.2) is 109 Å². The van der Waals surface area contributed by atoms with Crippen LogP contribution in [0.3, 0.4) is 0 Å². The molecule has 338 valence electrons. The van der Waals surface area contributed by atoms with Crippen molar-refractivity contribution in [1.82, 2.24) is 19.7 Å². The Kier molecular flexibility index (Phi) is 13.6. The molecule has 0 amide bonds. The highest BCUT2D eigenvalue weighted by Crippen LogP contribution is 2.39. The molecule has 0 radical (unpaired) electrons. The number of nitrogens with zero attached hydrogens (tertiary/aromatic N) is 5. The molecule has 0 spiro atoms. The number of piperazine rings is 1. The van der Waals surface area contributed by atoms with E-state index in [4.69, 9.17) is 29.0 Å². The highest BCUT2D eigenvalue weighted by Gasteiger charge is 2.49. The number of para-hydroxylation sites is 1. The summed E-state index contributed by atoms with van der Waals surface area (Å²) in [7, 11) is -3.82. The van der Waals surface area contributed by atoms with E-state index in [9.17, 15) is 21.6 Å². The van der Waals surface area contributed by atoms with Gasteiger partial charge in [0.25, 0.3) is 0 Å². The molecule has 8 rings (SSSR count). The van der Waals surface area contributed by atoms with Crippen LogP contribution in [0.2, 0.25) is 0 Å². The zero-order valence-electron chi connectivity index (χ0n) is 36.0. The topological polar surface area (TPSA) is 117 Å². The number of fused-ring (bicyclic) bond motifs is 1. The highest BCUT2D eigenvalue weighted by molar-refractivity contribution is 7.88. The Hall–Kier alpha value is -5.84. The fourth-order valence-electron chi connectivity index (χ4n) is 8.28. The van der Waals surface area contributed by atoms with Crippen LogP contribution < -0.4 is 23.3 Å². The summed E-state index contributed by atoms with van der Waals surface area (Å²) in [5, 5.41) is 6.06. The second kappa shape index (κ2) is 19.5. The summed E-state index contributed by atoms with van der Waals surface area (Å²) >= 11 is 0. The van der Waals surface area contributed by atoms with Crippen LogP contribution in [0.4, 0.5) is 18.9 Å². The van der Waals surface area contributed by atoms with Crippen molar-refractivity contribution in [2.24, 2.45) is 7.05 Å². The van der Waals surface area contributed by atoms with Crippen molar-refractivity contribution in [3.8, 4) is 34.5 Å². The van der Waals surface area contributed by atoms with Gasteiger partial charge < -0.3 is 28.0 Å². The van der Waals surface area contributed by atoms with Crippen LogP contribution in [0.1, 0.15) is 49.3 Å². The third-order valence-electron chi connectivity index (χ3n) is 11.9. The SMILES string of the molecule is Cc1c(OC2CCC(OC[C@H](C)N3CCN(c4cccc5c(-c6ccc(OCc7ccccc7)nc6OCc6ccccc6)nn(C)c45)CC3)CC2)cccc1OS(=O)(=O)C(F)(F)F. The maximum Gasteiger partial charge on any atom is 0.534 e. The lowest BCUT2D eigenvalue weighted by Crippen LogP contribution is -2.51. The van der Waals surface area contributed by atoms with Crippen molar-refractivity contribution in [1.29, 1.82) is 0 Å². The first-order chi connectivity index (χ1) is 30.8. The number of hydrogen-bond acceptors (Lipinski definition) is 11. The summed E-state index contributed by atoms with van der Waals surface area (Å²) < 4.78 is 93.2. The molecule has 6 aromatic rings. The van der Waals surface area contributed by atoms with Gasteiger partial charge in [0.05, 0.1) is 35.6 Å². The molecular formula is C48H52F3N5O7S. The Balaban J connectivity index is 0.866. The molecule has 2 fully saturated rings. The maximum atomic E-state index is 12.9. The van der Waals surface area contributed by atoms with Gasteiger partial charge in [-0.1, -0.05) is 78.9 Å². The van der Waals surface area contributed by atoms with Crippen LogP contribution in [-0.4, -0.2) is 84.6 Å². The van der Waals surface area contributed by atoms with Crippen LogP contribution in [0.25, 0.3) is 22.2 Å². The number of anilines is 1. The predicted molar refractivity (Wildman–Crippen MR) is 238 cm³/mol. The Morgan fingerprint density at radius 2 is 1.38 bits per heavy atom. The van der Waals surface area contributed by atoms with Crippen LogP contribution >= 0.6 is 0 Å². The van der Waals surface area contributed by atoms with Gasteiger partial charge in [-0.25, -0.2) is 0 Å². The van der Waals surface area contributed by atoms with E-state index in [1.54, 1.807) is 6.07 Å². The lowest BCUT2D eigenvalue weighted by atomic mass is 9.94.